The maximum absolute atomic E-state index is 10.8. The van der Waals surface area contributed by atoms with Gasteiger partial charge in [0.05, 0.1) is 0 Å². The van der Waals surface area contributed by atoms with Gasteiger partial charge in [0, 0.05) is 6.04 Å². The van der Waals surface area contributed by atoms with Crippen molar-refractivity contribution in [3.8, 4) is 0 Å². The molecule has 3 atom stereocenters. The molecule has 0 radical (unpaired) electrons. The zero-order chi connectivity index (χ0) is 8.48. The highest BCUT2D eigenvalue weighted by molar-refractivity contribution is 7.80. The van der Waals surface area contributed by atoms with Gasteiger partial charge in [0.1, 0.15) is 4.87 Å². The maximum Gasteiger partial charge on any atom is 0.175 e. The summed E-state index contributed by atoms with van der Waals surface area (Å²) in [5, 5.41) is 0. The molecular weight excluding hydrogens is 164 g/mol. The van der Waals surface area contributed by atoms with E-state index in [1.165, 1.54) is 0 Å². The molecule has 0 heterocycles. The van der Waals surface area contributed by atoms with E-state index in [0.717, 1.165) is 19.3 Å². The van der Waals surface area contributed by atoms with E-state index >= 15 is 0 Å². The third-order valence-electron chi connectivity index (χ3n) is 2.29. The lowest BCUT2D eigenvalue weighted by Gasteiger charge is -2.35. The van der Waals surface area contributed by atoms with Crippen molar-refractivity contribution in [2.45, 2.75) is 36.6 Å². The van der Waals surface area contributed by atoms with Gasteiger partial charge in [-0.2, -0.15) is 0 Å². The third kappa shape index (κ3) is 1.61. The van der Waals surface area contributed by atoms with Crippen LogP contribution in [0.1, 0.15) is 25.7 Å². The van der Waals surface area contributed by atoms with E-state index in [-0.39, 0.29) is 6.04 Å². The van der Waals surface area contributed by atoms with Crippen LogP contribution in [0.15, 0.2) is 0 Å². The number of hydrogen-bond donors (Lipinski definition) is 3. The van der Waals surface area contributed by atoms with Gasteiger partial charge in [0.2, 0.25) is 0 Å². The molecule has 0 bridgehead atoms. The number of hydrogen-bond acceptors (Lipinski definition) is 3. The molecule has 0 spiro atoms. The van der Waals surface area contributed by atoms with Crippen molar-refractivity contribution < 1.29 is 8.76 Å². The van der Waals surface area contributed by atoms with Crippen LogP contribution in [0.4, 0.5) is 0 Å². The lowest BCUT2D eigenvalue weighted by atomic mass is 9.91. The van der Waals surface area contributed by atoms with Crippen LogP contribution in [0.5, 0.6) is 0 Å². The van der Waals surface area contributed by atoms with Crippen LogP contribution < -0.4 is 11.5 Å². The second-order valence-electron chi connectivity index (χ2n) is 3.06. The molecule has 0 aromatic rings. The topological polar surface area (TPSA) is 89.3 Å². The van der Waals surface area contributed by atoms with Crippen LogP contribution in [-0.4, -0.2) is 19.7 Å². The van der Waals surface area contributed by atoms with Crippen LogP contribution in [0.2, 0.25) is 0 Å². The molecular formula is C6H14N2O2S. The zero-order valence-electron chi connectivity index (χ0n) is 6.32. The second-order valence-corrected chi connectivity index (χ2v) is 4.31. The average Bonchev–Trinajstić information content (AvgIpc) is 1.95. The van der Waals surface area contributed by atoms with Gasteiger partial charge in [0.15, 0.2) is 11.1 Å². The molecule has 0 saturated heterocycles. The van der Waals surface area contributed by atoms with E-state index < -0.39 is 16.0 Å². The van der Waals surface area contributed by atoms with Gasteiger partial charge in [-0.25, -0.2) is 4.21 Å². The molecule has 0 aromatic heterocycles. The molecule has 66 valence electrons. The Morgan fingerprint density at radius 2 is 2.18 bits per heavy atom. The first-order chi connectivity index (χ1) is 5.07. The molecule has 5 N–H and O–H groups in total. The Morgan fingerprint density at radius 1 is 1.55 bits per heavy atom. The van der Waals surface area contributed by atoms with Crippen LogP contribution in [0, 0.1) is 0 Å². The summed E-state index contributed by atoms with van der Waals surface area (Å²) in [5.74, 6) is 0. The van der Waals surface area contributed by atoms with Crippen molar-refractivity contribution in [1.29, 1.82) is 0 Å². The summed E-state index contributed by atoms with van der Waals surface area (Å²) in [6.07, 6.45) is 3.22. The molecule has 4 nitrogen and oxygen atoms in total. The lowest BCUT2D eigenvalue weighted by molar-refractivity contribution is 0.327. The Labute approximate surface area is 68.6 Å². The minimum atomic E-state index is -1.99. The summed E-state index contributed by atoms with van der Waals surface area (Å²) >= 11 is -1.99. The Bertz CT molecular complexity index is 176. The highest BCUT2D eigenvalue weighted by atomic mass is 32.2. The molecule has 1 rings (SSSR count). The van der Waals surface area contributed by atoms with Gasteiger partial charge in [-0.15, -0.1) is 0 Å². The summed E-state index contributed by atoms with van der Waals surface area (Å²) in [6.45, 7) is 0. The van der Waals surface area contributed by atoms with Crippen molar-refractivity contribution >= 4 is 11.1 Å². The average molecular weight is 178 g/mol. The Hall–Kier alpha value is 0.0300. The smallest absolute Gasteiger partial charge is 0.175 e. The Kier molecular flexibility index (Phi) is 2.64. The molecule has 11 heavy (non-hydrogen) atoms. The van der Waals surface area contributed by atoms with Gasteiger partial charge in [-0.05, 0) is 12.8 Å². The first kappa shape index (κ1) is 9.12. The number of nitrogens with two attached hydrogens (primary N) is 2. The fourth-order valence-corrected chi connectivity index (χ4v) is 2.11. The molecule has 1 fully saturated rings. The summed E-state index contributed by atoms with van der Waals surface area (Å²) in [4.78, 5) is -1.06. The monoisotopic (exact) mass is 178 g/mol. The first-order valence-corrected chi connectivity index (χ1v) is 4.83. The van der Waals surface area contributed by atoms with E-state index in [1.807, 2.05) is 0 Å². The van der Waals surface area contributed by atoms with Crippen molar-refractivity contribution in [1.82, 2.24) is 0 Å². The summed E-state index contributed by atoms with van der Waals surface area (Å²) in [5.41, 5.74) is 11.3. The molecule has 5 heteroatoms. The third-order valence-corrected chi connectivity index (χ3v) is 3.44. The van der Waals surface area contributed by atoms with Crippen LogP contribution in [-0.2, 0) is 11.1 Å². The number of rotatable bonds is 1. The predicted octanol–water partition coefficient (Wildman–Crippen LogP) is -0.236. The van der Waals surface area contributed by atoms with E-state index in [9.17, 15) is 4.21 Å². The van der Waals surface area contributed by atoms with Crippen LogP contribution >= 0.6 is 0 Å². The summed E-state index contributed by atoms with van der Waals surface area (Å²) in [6, 6.07) is -0.331. The van der Waals surface area contributed by atoms with Crippen LogP contribution in [0.25, 0.3) is 0 Å². The van der Waals surface area contributed by atoms with Crippen molar-refractivity contribution in [3.63, 3.8) is 0 Å². The molecule has 0 aromatic carbocycles. The predicted molar refractivity (Wildman–Crippen MR) is 44.1 cm³/mol. The zero-order valence-corrected chi connectivity index (χ0v) is 7.14. The van der Waals surface area contributed by atoms with E-state index in [4.69, 9.17) is 16.0 Å². The molecule has 1 saturated carbocycles. The largest absolute Gasteiger partial charge is 0.325 e. The summed E-state index contributed by atoms with van der Waals surface area (Å²) < 4.78 is 19.7. The first-order valence-electron chi connectivity index (χ1n) is 3.73. The SMILES string of the molecule is NC1CCCCC1(N)S(=O)O. The lowest BCUT2D eigenvalue weighted by Crippen LogP contribution is -2.59. The fourth-order valence-electron chi connectivity index (χ4n) is 1.41. The van der Waals surface area contributed by atoms with Gasteiger partial charge in [-0.3, -0.25) is 0 Å². The Morgan fingerprint density at radius 3 is 2.55 bits per heavy atom. The quantitative estimate of drug-likeness (QED) is 0.484. The molecule has 0 amide bonds. The molecule has 1 aliphatic rings. The highest BCUT2D eigenvalue weighted by Crippen LogP contribution is 2.26. The summed E-state index contributed by atoms with van der Waals surface area (Å²) in [7, 11) is 0. The fraction of sp³-hybridized carbons (Fsp3) is 1.00. The maximum atomic E-state index is 10.8. The standard InChI is InChI=1S/C6H14N2O2S/c7-5-3-1-2-4-6(5,8)11(9)10/h5H,1-4,7-8H2,(H,9,10). The normalized spacial score (nSPS) is 41.9. The van der Waals surface area contributed by atoms with Crippen molar-refractivity contribution in [2.24, 2.45) is 11.5 Å². The van der Waals surface area contributed by atoms with Gasteiger partial charge in [-0.1, -0.05) is 12.8 Å². The van der Waals surface area contributed by atoms with Crippen molar-refractivity contribution in [2.75, 3.05) is 0 Å². The van der Waals surface area contributed by atoms with E-state index in [1.54, 1.807) is 0 Å². The second kappa shape index (κ2) is 3.18. The van der Waals surface area contributed by atoms with Gasteiger partial charge < -0.3 is 16.0 Å². The molecule has 1 aliphatic carbocycles. The minimum Gasteiger partial charge on any atom is -0.325 e. The van der Waals surface area contributed by atoms with Crippen LogP contribution in [0.3, 0.4) is 0 Å². The minimum absolute atomic E-state index is 0.331. The van der Waals surface area contributed by atoms with E-state index in [0.29, 0.717) is 6.42 Å². The highest BCUT2D eigenvalue weighted by Gasteiger charge is 2.40. The Balaban J connectivity index is 2.72. The molecule has 3 unspecified atom stereocenters. The van der Waals surface area contributed by atoms with Crippen molar-refractivity contribution in [3.05, 3.63) is 0 Å². The molecule has 0 aliphatic heterocycles. The van der Waals surface area contributed by atoms with Gasteiger partial charge >= 0.3 is 0 Å². The van der Waals surface area contributed by atoms with Gasteiger partial charge in [0.25, 0.3) is 0 Å². The van der Waals surface area contributed by atoms with E-state index in [2.05, 4.69) is 0 Å².